The van der Waals surface area contributed by atoms with E-state index >= 15 is 0 Å². The summed E-state index contributed by atoms with van der Waals surface area (Å²) in [5.74, 6) is 0.890. The first-order valence-corrected chi connectivity index (χ1v) is 8.87. The molecule has 3 aromatic rings. The van der Waals surface area contributed by atoms with Crippen molar-refractivity contribution in [2.24, 2.45) is 0 Å². The van der Waals surface area contributed by atoms with E-state index in [0.717, 1.165) is 35.9 Å². The third-order valence-corrected chi connectivity index (χ3v) is 4.63. The van der Waals surface area contributed by atoms with E-state index in [-0.39, 0.29) is 18.2 Å². The lowest BCUT2D eigenvalue weighted by Crippen LogP contribution is -2.38. The summed E-state index contributed by atoms with van der Waals surface area (Å²) in [7, 11) is 1.55. The van der Waals surface area contributed by atoms with E-state index in [1.165, 1.54) is 0 Å². The highest BCUT2D eigenvalue weighted by atomic mass is 16.5. The minimum absolute atomic E-state index is 0.0366. The van der Waals surface area contributed by atoms with Gasteiger partial charge in [0.15, 0.2) is 0 Å². The molecule has 1 saturated heterocycles. The van der Waals surface area contributed by atoms with Crippen LogP contribution >= 0.6 is 0 Å². The number of amides is 2. The molecule has 1 aromatic carbocycles. The lowest BCUT2D eigenvalue weighted by Gasteiger charge is -2.24. The van der Waals surface area contributed by atoms with E-state index in [1.54, 1.807) is 19.4 Å². The lowest BCUT2D eigenvalue weighted by atomic mass is 9.99. The van der Waals surface area contributed by atoms with E-state index in [0.29, 0.717) is 11.7 Å². The number of nitrogens with zero attached hydrogens (tertiary/aromatic N) is 2. The molecule has 27 heavy (non-hydrogen) atoms. The van der Waals surface area contributed by atoms with Gasteiger partial charge in [-0.1, -0.05) is 30.3 Å². The normalized spacial score (nSPS) is 17.6. The summed E-state index contributed by atoms with van der Waals surface area (Å²) in [6.07, 6.45) is 3.49. The second-order valence-corrected chi connectivity index (χ2v) is 6.39. The van der Waals surface area contributed by atoms with E-state index in [4.69, 9.17) is 9.47 Å². The molecule has 1 fully saturated rings. The summed E-state index contributed by atoms with van der Waals surface area (Å²) in [4.78, 5) is 16.8. The number of carbonyl (C=O) groups is 1. The zero-order valence-corrected chi connectivity index (χ0v) is 14.9. The number of rotatable bonds is 5. The summed E-state index contributed by atoms with van der Waals surface area (Å²) >= 11 is 0. The Morgan fingerprint density at radius 3 is 2.96 bits per heavy atom. The highest BCUT2D eigenvalue weighted by molar-refractivity contribution is 5.92. The standard InChI is InChI=1S/C19H21N5O3/c1-26-18-13-11-20-16(10-14(13)23-24-18)21-19(25)22-17(15-8-5-9-27-15)12-6-3-2-4-7-12/h2-4,6-7,10-11,15,17H,5,8-9H2,1H3,(H,23,24)(H2,20,21,22,25)/t15-,17?/m1/s1. The van der Waals surface area contributed by atoms with E-state index in [1.807, 2.05) is 30.3 Å². The van der Waals surface area contributed by atoms with Crippen LogP contribution in [0.4, 0.5) is 10.6 Å². The molecule has 4 rings (SSSR count). The van der Waals surface area contributed by atoms with Gasteiger partial charge in [-0.25, -0.2) is 9.78 Å². The van der Waals surface area contributed by atoms with Crippen LogP contribution in [0.1, 0.15) is 24.4 Å². The third-order valence-electron chi connectivity index (χ3n) is 4.63. The van der Waals surface area contributed by atoms with Crippen LogP contribution in [0.2, 0.25) is 0 Å². The number of pyridine rings is 1. The first-order chi connectivity index (χ1) is 13.2. The molecule has 2 amide bonds. The minimum atomic E-state index is -0.335. The topological polar surface area (TPSA) is 101 Å². The molecule has 8 nitrogen and oxygen atoms in total. The van der Waals surface area contributed by atoms with Crippen LogP contribution in [0.25, 0.3) is 10.9 Å². The van der Waals surface area contributed by atoms with E-state index in [9.17, 15) is 4.79 Å². The summed E-state index contributed by atoms with van der Waals surface area (Å²) in [6.45, 7) is 0.719. The van der Waals surface area contributed by atoms with Crippen molar-refractivity contribution in [3.05, 3.63) is 48.2 Å². The molecule has 1 aliphatic heterocycles. The van der Waals surface area contributed by atoms with Gasteiger partial charge in [-0.15, -0.1) is 5.10 Å². The van der Waals surface area contributed by atoms with Crippen LogP contribution in [-0.4, -0.2) is 41.0 Å². The maximum atomic E-state index is 12.6. The Morgan fingerprint density at radius 2 is 2.22 bits per heavy atom. The third kappa shape index (κ3) is 3.70. The highest BCUT2D eigenvalue weighted by Crippen LogP contribution is 2.27. The molecular formula is C19H21N5O3. The zero-order valence-electron chi connectivity index (χ0n) is 14.9. The maximum absolute atomic E-state index is 12.6. The van der Waals surface area contributed by atoms with Crippen LogP contribution in [0, 0.1) is 0 Å². The number of aromatic nitrogens is 3. The average molecular weight is 367 g/mol. The maximum Gasteiger partial charge on any atom is 0.320 e. The summed E-state index contributed by atoms with van der Waals surface area (Å²) in [5, 5.41) is 13.5. The number of hydrogen-bond acceptors (Lipinski definition) is 5. The largest absolute Gasteiger partial charge is 0.479 e. The van der Waals surface area contributed by atoms with Gasteiger partial charge in [-0.2, -0.15) is 0 Å². The molecule has 1 unspecified atom stereocenters. The van der Waals surface area contributed by atoms with Crippen LogP contribution in [0.3, 0.4) is 0 Å². The summed E-state index contributed by atoms with van der Waals surface area (Å²) in [5.41, 5.74) is 1.75. The van der Waals surface area contributed by atoms with Crippen molar-refractivity contribution in [2.75, 3.05) is 19.0 Å². The molecule has 3 N–H and O–H groups in total. The number of hydrogen-bond donors (Lipinski definition) is 3. The second kappa shape index (κ2) is 7.63. The molecular weight excluding hydrogens is 346 g/mol. The number of carbonyl (C=O) groups excluding carboxylic acids is 1. The molecule has 2 atom stereocenters. The Bertz CT molecular complexity index is 921. The van der Waals surface area contributed by atoms with E-state index in [2.05, 4.69) is 25.8 Å². The van der Waals surface area contributed by atoms with Gasteiger partial charge < -0.3 is 14.8 Å². The number of ether oxygens (including phenoxy) is 2. The molecule has 0 saturated carbocycles. The lowest BCUT2D eigenvalue weighted by molar-refractivity contribution is 0.0815. The SMILES string of the molecule is COc1n[nH]c2cc(NC(=O)NC(c3ccccc3)[C@H]3CCCO3)ncc12. The molecule has 0 aliphatic carbocycles. The fraction of sp³-hybridized carbons (Fsp3) is 0.316. The molecule has 0 spiro atoms. The minimum Gasteiger partial charge on any atom is -0.479 e. The summed E-state index contributed by atoms with van der Waals surface area (Å²) < 4.78 is 11.0. The quantitative estimate of drug-likeness (QED) is 0.643. The highest BCUT2D eigenvalue weighted by Gasteiger charge is 2.28. The van der Waals surface area contributed by atoms with Gasteiger partial charge in [0.1, 0.15) is 5.82 Å². The molecule has 2 aromatic heterocycles. The first kappa shape index (κ1) is 17.3. The zero-order chi connectivity index (χ0) is 18.6. The Morgan fingerprint density at radius 1 is 1.37 bits per heavy atom. The Kier molecular flexibility index (Phi) is 4.88. The van der Waals surface area contributed by atoms with Crippen molar-refractivity contribution in [3.8, 4) is 5.88 Å². The van der Waals surface area contributed by atoms with Crippen LogP contribution < -0.4 is 15.4 Å². The van der Waals surface area contributed by atoms with Gasteiger partial charge in [0.05, 0.1) is 30.2 Å². The van der Waals surface area contributed by atoms with Gasteiger partial charge in [-0.3, -0.25) is 10.4 Å². The van der Waals surface area contributed by atoms with Gasteiger partial charge >= 0.3 is 6.03 Å². The van der Waals surface area contributed by atoms with Crippen LogP contribution in [0.5, 0.6) is 5.88 Å². The smallest absolute Gasteiger partial charge is 0.320 e. The van der Waals surface area contributed by atoms with Crippen molar-refractivity contribution in [1.82, 2.24) is 20.5 Å². The number of benzene rings is 1. The molecule has 140 valence electrons. The van der Waals surface area contributed by atoms with Crippen molar-refractivity contribution in [2.45, 2.75) is 25.0 Å². The fourth-order valence-corrected chi connectivity index (χ4v) is 3.32. The molecule has 0 radical (unpaired) electrons. The number of nitrogens with one attached hydrogen (secondary N) is 3. The van der Waals surface area contributed by atoms with Crippen molar-refractivity contribution >= 4 is 22.8 Å². The molecule has 8 heteroatoms. The average Bonchev–Trinajstić information content (AvgIpc) is 3.36. The molecule has 1 aliphatic rings. The van der Waals surface area contributed by atoms with E-state index < -0.39 is 0 Å². The number of anilines is 1. The van der Waals surface area contributed by atoms with Crippen LogP contribution in [0.15, 0.2) is 42.6 Å². The monoisotopic (exact) mass is 367 g/mol. The predicted octanol–water partition coefficient (Wildman–Crippen LogP) is 3.01. The van der Waals surface area contributed by atoms with Gasteiger partial charge in [0.2, 0.25) is 5.88 Å². The van der Waals surface area contributed by atoms with Gasteiger partial charge in [0.25, 0.3) is 0 Å². The Balaban J connectivity index is 1.49. The molecule has 3 heterocycles. The molecule has 0 bridgehead atoms. The summed E-state index contributed by atoms with van der Waals surface area (Å²) in [6, 6.07) is 11.0. The van der Waals surface area contributed by atoms with Crippen molar-refractivity contribution in [1.29, 1.82) is 0 Å². The van der Waals surface area contributed by atoms with Gasteiger partial charge in [-0.05, 0) is 18.4 Å². The fourth-order valence-electron chi connectivity index (χ4n) is 3.32. The van der Waals surface area contributed by atoms with Gasteiger partial charge in [0, 0.05) is 18.9 Å². The van der Waals surface area contributed by atoms with Crippen LogP contribution in [-0.2, 0) is 4.74 Å². The van der Waals surface area contributed by atoms with Crippen molar-refractivity contribution in [3.63, 3.8) is 0 Å². The Labute approximate surface area is 156 Å². The Hall–Kier alpha value is -3.13. The number of fused-ring (bicyclic) bond motifs is 1. The first-order valence-electron chi connectivity index (χ1n) is 8.87. The number of aromatic amines is 1. The second-order valence-electron chi connectivity index (χ2n) is 6.39. The van der Waals surface area contributed by atoms with Crippen molar-refractivity contribution < 1.29 is 14.3 Å². The number of urea groups is 1. The number of methoxy groups -OCH3 is 1. The number of H-pyrrole nitrogens is 1. The predicted molar refractivity (Wildman–Crippen MR) is 101 cm³/mol.